The first-order valence-corrected chi connectivity index (χ1v) is 12.2. The fraction of sp³-hybridized carbons (Fsp3) is 0.407. The Labute approximate surface area is 210 Å². The van der Waals surface area contributed by atoms with E-state index < -0.39 is 6.10 Å². The number of pyridine rings is 2. The summed E-state index contributed by atoms with van der Waals surface area (Å²) < 4.78 is 13.4. The van der Waals surface area contributed by atoms with E-state index in [9.17, 15) is 5.11 Å². The molecule has 1 fully saturated rings. The molecule has 1 saturated heterocycles. The van der Waals surface area contributed by atoms with Crippen LogP contribution in [0.15, 0.2) is 42.7 Å². The normalized spacial score (nSPS) is 18.1. The number of hydrogen-bond donors (Lipinski definition) is 2. The summed E-state index contributed by atoms with van der Waals surface area (Å²) in [6, 6.07) is 9.96. The minimum atomic E-state index is -0.501. The number of aliphatic hydroxyl groups is 1. The highest BCUT2D eigenvalue weighted by Crippen LogP contribution is 2.32. The largest absolute Gasteiger partial charge is 0.489 e. The third kappa shape index (κ3) is 5.17. The van der Waals surface area contributed by atoms with Crippen LogP contribution in [0.5, 0.6) is 5.75 Å². The van der Waals surface area contributed by atoms with Gasteiger partial charge in [-0.05, 0) is 44.0 Å². The molecule has 36 heavy (non-hydrogen) atoms. The lowest BCUT2D eigenvalue weighted by Crippen LogP contribution is -2.28. The number of anilines is 2. The first-order chi connectivity index (χ1) is 17.2. The maximum atomic E-state index is 10.0. The standard InChI is InChI=1S/C27H32N6O3/c1-16-10-20(22(14-28-16)36-15-23-21(34)7-9-35-23)18-6-8-33-19(12-18)13-25(32-33)30-24-11-17(2)29-26(31-24)27(3,4)5/h6,8,10-14,21,23,34H,7,9,15H2,1-5H3,(H,29,30,31,32)/t21-,23+/m0/s1. The predicted octanol–water partition coefficient (Wildman–Crippen LogP) is 4.37. The number of fused-ring (bicyclic) bond motifs is 1. The monoisotopic (exact) mass is 488 g/mol. The van der Waals surface area contributed by atoms with Gasteiger partial charge in [0.25, 0.3) is 0 Å². The van der Waals surface area contributed by atoms with Gasteiger partial charge in [-0.2, -0.15) is 5.10 Å². The van der Waals surface area contributed by atoms with Crippen LogP contribution < -0.4 is 10.1 Å². The van der Waals surface area contributed by atoms with Crippen LogP contribution in [0, 0.1) is 13.8 Å². The number of nitrogens with one attached hydrogen (secondary N) is 1. The molecule has 4 aromatic heterocycles. The molecule has 5 rings (SSSR count). The number of rotatable bonds is 6. The lowest BCUT2D eigenvalue weighted by atomic mass is 9.95. The van der Waals surface area contributed by atoms with Crippen LogP contribution in [0.4, 0.5) is 11.6 Å². The third-order valence-electron chi connectivity index (χ3n) is 6.14. The van der Waals surface area contributed by atoms with Gasteiger partial charge in [0.2, 0.25) is 0 Å². The second-order valence-corrected chi connectivity index (χ2v) is 10.3. The summed E-state index contributed by atoms with van der Waals surface area (Å²) in [5.74, 6) is 2.84. The van der Waals surface area contributed by atoms with E-state index in [0.717, 1.165) is 33.9 Å². The Morgan fingerprint density at radius 1 is 1.11 bits per heavy atom. The summed E-state index contributed by atoms with van der Waals surface area (Å²) in [5, 5.41) is 18.0. The SMILES string of the molecule is Cc1cc(-c2ccn3nc(Nc4cc(C)nc(C(C)(C)C)n4)cc3c2)c(OC[C@H]2OCC[C@@H]2O)cn1. The molecule has 0 saturated carbocycles. The van der Waals surface area contributed by atoms with Crippen LogP contribution in [0.2, 0.25) is 0 Å². The average molecular weight is 489 g/mol. The Hall–Kier alpha value is -3.56. The molecular formula is C27H32N6O3. The van der Waals surface area contributed by atoms with Gasteiger partial charge in [0.05, 0.1) is 17.8 Å². The Balaban J connectivity index is 1.41. The van der Waals surface area contributed by atoms with Gasteiger partial charge in [-0.1, -0.05) is 20.8 Å². The smallest absolute Gasteiger partial charge is 0.154 e. The zero-order valence-corrected chi connectivity index (χ0v) is 21.3. The van der Waals surface area contributed by atoms with Crippen LogP contribution in [0.3, 0.4) is 0 Å². The highest BCUT2D eigenvalue weighted by atomic mass is 16.5. The number of ether oxygens (including phenoxy) is 2. The van der Waals surface area contributed by atoms with Gasteiger partial charge in [0.15, 0.2) is 5.82 Å². The van der Waals surface area contributed by atoms with Crippen molar-refractivity contribution in [3.05, 3.63) is 59.9 Å². The first kappa shape index (κ1) is 24.1. The van der Waals surface area contributed by atoms with E-state index in [-0.39, 0.29) is 18.1 Å². The molecule has 4 aromatic rings. The van der Waals surface area contributed by atoms with Gasteiger partial charge in [0.1, 0.15) is 30.1 Å². The van der Waals surface area contributed by atoms with E-state index in [1.165, 1.54) is 0 Å². The summed E-state index contributed by atoms with van der Waals surface area (Å²) in [5.41, 5.74) is 4.47. The number of aryl methyl sites for hydroxylation is 2. The molecule has 188 valence electrons. The second kappa shape index (κ2) is 9.48. The highest BCUT2D eigenvalue weighted by Gasteiger charge is 2.27. The lowest BCUT2D eigenvalue weighted by Gasteiger charge is -2.17. The van der Waals surface area contributed by atoms with Gasteiger partial charge < -0.3 is 19.9 Å². The molecule has 0 bridgehead atoms. The number of nitrogens with zero attached hydrogens (tertiary/aromatic N) is 5. The highest BCUT2D eigenvalue weighted by molar-refractivity contribution is 5.75. The van der Waals surface area contributed by atoms with Crippen LogP contribution in [0.25, 0.3) is 16.6 Å². The summed E-state index contributed by atoms with van der Waals surface area (Å²) >= 11 is 0. The molecule has 0 aliphatic carbocycles. The molecular weight excluding hydrogens is 456 g/mol. The quantitative estimate of drug-likeness (QED) is 0.412. The van der Waals surface area contributed by atoms with Crippen molar-refractivity contribution in [3.63, 3.8) is 0 Å². The second-order valence-electron chi connectivity index (χ2n) is 10.3. The van der Waals surface area contributed by atoms with Crippen LogP contribution >= 0.6 is 0 Å². The molecule has 2 atom stereocenters. The molecule has 1 aliphatic rings. The van der Waals surface area contributed by atoms with E-state index in [1.807, 2.05) is 48.8 Å². The van der Waals surface area contributed by atoms with Crippen molar-refractivity contribution in [1.29, 1.82) is 0 Å². The van der Waals surface area contributed by atoms with Crippen molar-refractivity contribution in [2.75, 3.05) is 18.5 Å². The molecule has 0 aromatic carbocycles. The minimum absolute atomic E-state index is 0.152. The third-order valence-corrected chi connectivity index (χ3v) is 6.14. The van der Waals surface area contributed by atoms with Gasteiger partial charge >= 0.3 is 0 Å². The Morgan fingerprint density at radius 2 is 1.94 bits per heavy atom. The predicted molar refractivity (Wildman–Crippen MR) is 138 cm³/mol. The molecule has 1 aliphatic heterocycles. The van der Waals surface area contributed by atoms with Gasteiger partial charge in [0, 0.05) is 47.3 Å². The first-order valence-electron chi connectivity index (χ1n) is 12.2. The number of aromatic nitrogens is 5. The maximum Gasteiger partial charge on any atom is 0.154 e. The Kier molecular flexibility index (Phi) is 6.36. The van der Waals surface area contributed by atoms with Crippen molar-refractivity contribution >= 4 is 17.2 Å². The zero-order valence-electron chi connectivity index (χ0n) is 21.3. The van der Waals surface area contributed by atoms with Crippen molar-refractivity contribution in [1.82, 2.24) is 24.6 Å². The van der Waals surface area contributed by atoms with E-state index in [2.05, 4.69) is 47.2 Å². The van der Waals surface area contributed by atoms with Crippen molar-refractivity contribution in [3.8, 4) is 16.9 Å². The zero-order chi connectivity index (χ0) is 25.4. The lowest BCUT2D eigenvalue weighted by molar-refractivity contribution is 0.0110. The molecule has 0 radical (unpaired) electrons. The van der Waals surface area contributed by atoms with Crippen molar-refractivity contribution in [2.45, 2.75) is 58.7 Å². The fourth-order valence-electron chi connectivity index (χ4n) is 4.18. The minimum Gasteiger partial charge on any atom is -0.489 e. The molecule has 9 nitrogen and oxygen atoms in total. The molecule has 9 heteroatoms. The summed E-state index contributed by atoms with van der Waals surface area (Å²) in [4.78, 5) is 13.7. The summed E-state index contributed by atoms with van der Waals surface area (Å²) in [7, 11) is 0. The maximum absolute atomic E-state index is 10.0. The number of aliphatic hydroxyl groups excluding tert-OH is 1. The van der Waals surface area contributed by atoms with Gasteiger partial charge in [-0.25, -0.2) is 14.5 Å². The summed E-state index contributed by atoms with van der Waals surface area (Å²) in [6.45, 7) is 11.0. The Bertz CT molecular complexity index is 1390. The number of hydrogen-bond acceptors (Lipinski definition) is 8. The van der Waals surface area contributed by atoms with Gasteiger partial charge in [-0.3, -0.25) is 4.98 Å². The van der Waals surface area contributed by atoms with Gasteiger partial charge in [-0.15, -0.1) is 0 Å². The van der Waals surface area contributed by atoms with E-state index in [4.69, 9.17) is 14.5 Å². The van der Waals surface area contributed by atoms with E-state index >= 15 is 0 Å². The van der Waals surface area contributed by atoms with Crippen molar-refractivity contribution in [2.24, 2.45) is 0 Å². The van der Waals surface area contributed by atoms with Crippen LogP contribution in [-0.2, 0) is 10.2 Å². The molecule has 0 unspecified atom stereocenters. The van der Waals surface area contributed by atoms with Crippen LogP contribution in [0.1, 0.15) is 44.4 Å². The molecule has 0 spiro atoms. The summed E-state index contributed by atoms with van der Waals surface area (Å²) in [6.07, 6.45) is 3.45. The Morgan fingerprint density at radius 3 is 2.69 bits per heavy atom. The van der Waals surface area contributed by atoms with Crippen molar-refractivity contribution < 1.29 is 14.6 Å². The fourth-order valence-corrected chi connectivity index (χ4v) is 4.18. The molecule has 2 N–H and O–H groups in total. The van der Waals surface area contributed by atoms with E-state index in [1.54, 1.807) is 6.20 Å². The molecule has 5 heterocycles. The van der Waals surface area contributed by atoms with E-state index in [0.29, 0.717) is 30.4 Å². The van der Waals surface area contributed by atoms with Crippen LogP contribution in [-0.4, -0.2) is 55.1 Å². The molecule has 0 amide bonds. The topological polar surface area (TPSA) is 107 Å². The average Bonchev–Trinajstić information content (AvgIpc) is 3.41.